The Morgan fingerprint density at radius 1 is 1.04 bits per heavy atom. The van der Waals surface area contributed by atoms with Gasteiger partial charge in [-0.25, -0.2) is 4.68 Å². The van der Waals surface area contributed by atoms with Crippen LogP contribution in [0.1, 0.15) is 12.6 Å². The molecule has 7 heteroatoms. The number of carbonyl (C=O) groups excluding carboxylic acids is 2. The van der Waals surface area contributed by atoms with Gasteiger partial charge in [0.05, 0.1) is 17.1 Å². The molecule has 1 aromatic heterocycles. The summed E-state index contributed by atoms with van der Waals surface area (Å²) in [5.41, 5.74) is 2.45. The van der Waals surface area contributed by atoms with Crippen LogP contribution in [0.15, 0.2) is 65.6 Å². The highest BCUT2D eigenvalue weighted by Gasteiger charge is 2.11. The summed E-state index contributed by atoms with van der Waals surface area (Å²) < 4.78 is 1.72. The van der Waals surface area contributed by atoms with Crippen LogP contribution in [0.2, 0.25) is 0 Å². The third-order valence-electron chi connectivity index (χ3n) is 3.64. The summed E-state index contributed by atoms with van der Waals surface area (Å²) >= 11 is 1.43. The minimum Gasteiger partial charge on any atom is -0.326 e. The number of anilines is 2. The summed E-state index contributed by atoms with van der Waals surface area (Å²) in [6.45, 7) is 3.36. The fourth-order valence-corrected chi connectivity index (χ4v) is 3.22. The average molecular weight is 380 g/mol. The standard InChI is InChI=1S/C20H20N4O2S/c1-14-12-19(24(23-14)17-6-4-3-5-7-17)22-20(26)13-27-18-10-8-16(9-11-18)21-15(2)25/h3-12H,13H2,1-2H3,(H,21,25)(H,22,26). The van der Waals surface area contributed by atoms with E-state index in [-0.39, 0.29) is 17.6 Å². The van der Waals surface area contributed by atoms with Gasteiger partial charge in [-0.1, -0.05) is 18.2 Å². The van der Waals surface area contributed by atoms with Crippen LogP contribution in [-0.2, 0) is 9.59 Å². The van der Waals surface area contributed by atoms with E-state index in [2.05, 4.69) is 15.7 Å². The van der Waals surface area contributed by atoms with Crippen molar-refractivity contribution < 1.29 is 9.59 Å². The minimum atomic E-state index is -0.111. The molecule has 0 aliphatic rings. The second-order valence-corrected chi connectivity index (χ2v) is 7.01. The molecular weight excluding hydrogens is 360 g/mol. The average Bonchev–Trinajstić information content (AvgIpc) is 3.01. The Labute approximate surface area is 162 Å². The predicted molar refractivity (Wildman–Crippen MR) is 108 cm³/mol. The van der Waals surface area contributed by atoms with E-state index in [0.717, 1.165) is 22.0 Å². The van der Waals surface area contributed by atoms with Gasteiger partial charge in [0.25, 0.3) is 0 Å². The van der Waals surface area contributed by atoms with Crippen LogP contribution < -0.4 is 10.6 Å². The third kappa shape index (κ3) is 5.21. The molecule has 1 heterocycles. The summed E-state index contributed by atoms with van der Waals surface area (Å²) in [6.07, 6.45) is 0. The van der Waals surface area contributed by atoms with Crippen LogP contribution in [0.25, 0.3) is 5.69 Å². The summed E-state index contributed by atoms with van der Waals surface area (Å²) in [6, 6.07) is 18.9. The lowest BCUT2D eigenvalue weighted by molar-refractivity contribution is -0.114. The Kier molecular flexibility index (Phi) is 5.93. The van der Waals surface area contributed by atoms with Crippen LogP contribution in [0, 0.1) is 6.92 Å². The van der Waals surface area contributed by atoms with Gasteiger partial charge in [-0.15, -0.1) is 11.8 Å². The molecule has 0 bridgehead atoms. The van der Waals surface area contributed by atoms with E-state index in [0.29, 0.717) is 5.82 Å². The number of hydrogen-bond donors (Lipinski definition) is 2. The minimum absolute atomic E-state index is 0.108. The van der Waals surface area contributed by atoms with E-state index in [1.54, 1.807) is 4.68 Å². The molecule has 0 aliphatic carbocycles. The summed E-state index contributed by atoms with van der Waals surface area (Å²) in [4.78, 5) is 24.4. The number of carbonyl (C=O) groups is 2. The van der Waals surface area contributed by atoms with Crippen molar-refractivity contribution in [2.45, 2.75) is 18.7 Å². The summed E-state index contributed by atoms with van der Waals surface area (Å²) in [7, 11) is 0. The first-order valence-electron chi connectivity index (χ1n) is 8.43. The SMILES string of the molecule is CC(=O)Nc1ccc(SCC(=O)Nc2cc(C)nn2-c2ccccc2)cc1. The maximum Gasteiger partial charge on any atom is 0.235 e. The Balaban J connectivity index is 1.61. The number of aryl methyl sites for hydroxylation is 1. The number of rotatable bonds is 6. The Bertz CT molecular complexity index is 936. The van der Waals surface area contributed by atoms with Crippen molar-refractivity contribution in [2.24, 2.45) is 0 Å². The van der Waals surface area contributed by atoms with Crippen LogP contribution in [0.5, 0.6) is 0 Å². The highest BCUT2D eigenvalue weighted by molar-refractivity contribution is 8.00. The van der Waals surface area contributed by atoms with Gasteiger partial charge in [-0.2, -0.15) is 5.10 Å². The number of thioether (sulfide) groups is 1. The van der Waals surface area contributed by atoms with Gasteiger partial charge < -0.3 is 10.6 Å². The lowest BCUT2D eigenvalue weighted by Gasteiger charge is -2.09. The Hall–Kier alpha value is -3.06. The first kappa shape index (κ1) is 18.7. The number of benzene rings is 2. The smallest absolute Gasteiger partial charge is 0.235 e. The maximum absolute atomic E-state index is 12.4. The van der Waals surface area contributed by atoms with Crippen LogP contribution in [0.3, 0.4) is 0 Å². The van der Waals surface area contributed by atoms with E-state index in [9.17, 15) is 9.59 Å². The van der Waals surface area contributed by atoms with Gasteiger partial charge in [0, 0.05) is 23.6 Å². The fourth-order valence-electron chi connectivity index (χ4n) is 2.52. The largest absolute Gasteiger partial charge is 0.326 e. The van der Waals surface area contributed by atoms with Crippen molar-refractivity contribution in [3.63, 3.8) is 0 Å². The molecule has 0 atom stereocenters. The van der Waals surface area contributed by atoms with Gasteiger partial charge in [-0.3, -0.25) is 9.59 Å². The van der Waals surface area contributed by atoms with Gasteiger partial charge in [0.1, 0.15) is 5.82 Å². The van der Waals surface area contributed by atoms with Crippen molar-refractivity contribution in [2.75, 3.05) is 16.4 Å². The second kappa shape index (κ2) is 8.55. The molecule has 0 spiro atoms. The normalized spacial score (nSPS) is 10.4. The summed E-state index contributed by atoms with van der Waals surface area (Å²) in [5.74, 6) is 0.701. The highest BCUT2D eigenvalue weighted by Crippen LogP contribution is 2.21. The number of hydrogen-bond acceptors (Lipinski definition) is 4. The molecule has 2 aromatic carbocycles. The number of nitrogens with one attached hydrogen (secondary N) is 2. The molecule has 2 N–H and O–H groups in total. The molecule has 3 rings (SSSR count). The molecule has 0 saturated heterocycles. The quantitative estimate of drug-likeness (QED) is 0.637. The van der Waals surface area contributed by atoms with Crippen LogP contribution >= 0.6 is 11.8 Å². The monoisotopic (exact) mass is 380 g/mol. The molecule has 0 aliphatic heterocycles. The van der Waals surface area contributed by atoms with E-state index < -0.39 is 0 Å². The topological polar surface area (TPSA) is 76.0 Å². The number of amides is 2. The predicted octanol–water partition coefficient (Wildman–Crippen LogP) is 3.87. The second-order valence-electron chi connectivity index (χ2n) is 5.96. The molecule has 138 valence electrons. The van der Waals surface area contributed by atoms with Gasteiger partial charge in [0.2, 0.25) is 11.8 Å². The molecule has 3 aromatic rings. The molecule has 0 saturated carbocycles. The first-order valence-corrected chi connectivity index (χ1v) is 9.42. The third-order valence-corrected chi connectivity index (χ3v) is 4.66. The molecule has 27 heavy (non-hydrogen) atoms. The van der Waals surface area contributed by atoms with E-state index in [1.165, 1.54) is 18.7 Å². The Morgan fingerprint density at radius 2 is 1.74 bits per heavy atom. The van der Waals surface area contributed by atoms with Crippen LogP contribution in [0.4, 0.5) is 11.5 Å². The highest BCUT2D eigenvalue weighted by atomic mass is 32.2. The van der Waals surface area contributed by atoms with Gasteiger partial charge in [-0.05, 0) is 43.3 Å². The van der Waals surface area contributed by atoms with Crippen molar-refractivity contribution in [3.8, 4) is 5.69 Å². The number of para-hydroxylation sites is 1. The lowest BCUT2D eigenvalue weighted by Crippen LogP contribution is -2.16. The Morgan fingerprint density at radius 3 is 2.41 bits per heavy atom. The molecule has 0 unspecified atom stereocenters. The zero-order valence-corrected chi connectivity index (χ0v) is 15.9. The zero-order chi connectivity index (χ0) is 19.2. The van der Waals surface area contributed by atoms with Crippen molar-refractivity contribution >= 4 is 35.1 Å². The lowest BCUT2D eigenvalue weighted by atomic mass is 10.3. The summed E-state index contributed by atoms with van der Waals surface area (Å²) in [5, 5.41) is 10.1. The molecule has 6 nitrogen and oxygen atoms in total. The van der Waals surface area contributed by atoms with E-state index in [4.69, 9.17) is 0 Å². The molecule has 2 amide bonds. The van der Waals surface area contributed by atoms with Crippen molar-refractivity contribution in [3.05, 3.63) is 66.4 Å². The van der Waals surface area contributed by atoms with Crippen molar-refractivity contribution in [1.82, 2.24) is 9.78 Å². The number of nitrogens with zero attached hydrogens (tertiary/aromatic N) is 2. The molecule has 0 fully saturated rings. The maximum atomic E-state index is 12.4. The fraction of sp³-hybridized carbons (Fsp3) is 0.150. The zero-order valence-electron chi connectivity index (χ0n) is 15.1. The number of aromatic nitrogens is 2. The van der Waals surface area contributed by atoms with Crippen molar-refractivity contribution in [1.29, 1.82) is 0 Å². The van der Waals surface area contributed by atoms with Gasteiger partial charge in [0.15, 0.2) is 0 Å². The molecular formula is C20H20N4O2S. The first-order chi connectivity index (χ1) is 13.0. The van der Waals surface area contributed by atoms with Gasteiger partial charge >= 0.3 is 0 Å². The van der Waals surface area contributed by atoms with E-state index in [1.807, 2.05) is 67.6 Å². The van der Waals surface area contributed by atoms with Crippen LogP contribution in [-0.4, -0.2) is 27.3 Å². The van der Waals surface area contributed by atoms with E-state index >= 15 is 0 Å². The molecule has 0 radical (unpaired) electrons.